The van der Waals surface area contributed by atoms with Crippen LogP contribution in [0.2, 0.25) is 0 Å². The number of hydrogen-bond donors (Lipinski definition) is 1. The molecule has 0 aliphatic rings. The number of nitrogens with one attached hydrogen (secondary N) is 1. The topological polar surface area (TPSA) is 55.4 Å². The van der Waals surface area contributed by atoms with E-state index in [1.165, 1.54) is 13.2 Å². The summed E-state index contributed by atoms with van der Waals surface area (Å²) in [7, 11) is -2.29. The molecule has 0 bridgehead atoms. The van der Waals surface area contributed by atoms with Gasteiger partial charge in [0.1, 0.15) is 10.6 Å². The van der Waals surface area contributed by atoms with E-state index in [4.69, 9.17) is 4.74 Å². The van der Waals surface area contributed by atoms with E-state index < -0.39 is 10.0 Å². The zero-order valence-corrected chi connectivity index (χ0v) is 14.4. The Morgan fingerprint density at radius 3 is 2.40 bits per heavy atom. The summed E-state index contributed by atoms with van der Waals surface area (Å²) >= 11 is 6.56. The summed E-state index contributed by atoms with van der Waals surface area (Å²) in [5.41, 5.74) is 0.474. The van der Waals surface area contributed by atoms with E-state index in [0.717, 1.165) is 4.47 Å². The highest BCUT2D eigenvalue weighted by atomic mass is 79.9. The molecular formula is C13H11Br2NO3S. The molecule has 2 rings (SSSR count). The number of anilines is 1. The van der Waals surface area contributed by atoms with Gasteiger partial charge < -0.3 is 4.74 Å². The normalized spacial score (nSPS) is 11.2. The zero-order chi connectivity index (χ0) is 14.8. The molecule has 0 unspecified atom stereocenters. The molecular weight excluding hydrogens is 410 g/mol. The molecule has 4 nitrogen and oxygen atoms in total. The smallest absolute Gasteiger partial charge is 0.265 e. The first-order chi connectivity index (χ1) is 9.42. The minimum absolute atomic E-state index is 0.0781. The van der Waals surface area contributed by atoms with Gasteiger partial charge in [-0.05, 0) is 36.4 Å². The standard InChI is InChI=1S/C13H11Br2NO3S/c1-19-12-6-5-10(15)8-13(12)20(17,18)16-11-4-2-3-9(14)7-11/h2-8,16H,1H3. The molecule has 0 spiro atoms. The Kier molecular flexibility index (Phi) is 4.72. The highest BCUT2D eigenvalue weighted by molar-refractivity contribution is 9.10. The van der Waals surface area contributed by atoms with E-state index in [9.17, 15) is 8.42 Å². The lowest BCUT2D eigenvalue weighted by atomic mass is 10.3. The number of hydrogen-bond acceptors (Lipinski definition) is 3. The third kappa shape index (κ3) is 3.53. The summed E-state index contributed by atoms with van der Waals surface area (Å²) < 4.78 is 33.9. The lowest BCUT2D eigenvalue weighted by Crippen LogP contribution is -2.14. The van der Waals surface area contributed by atoms with Crippen molar-refractivity contribution in [2.75, 3.05) is 11.8 Å². The molecule has 7 heteroatoms. The van der Waals surface area contributed by atoms with Gasteiger partial charge in [0, 0.05) is 14.6 Å². The van der Waals surface area contributed by atoms with Crippen LogP contribution in [0.3, 0.4) is 0 Å². The molecule has 1 N–H and O–H groups in total. The maximum Gasteiger partial charge on any atom is 0.265 e. The van der Waals surface area contributed by atoms with Crippen LogP contribution in [-0.4, -0.2) is 15.5 Å². The van der Waals surface area contributed by atoms with Crippen LogP contribution in [-0.2, 0) is 10.0 Å². The molecule has 0 saturated carbocycles. The third-order valence-electron chi connectivity index (χ3n) is 2.49. The SMILES string of the molecule is COc1ccc(Br)cc1S(=O)(=O)Nc1cccc(Br)c1. The first kappa shape index (κ1) is 15.3. The van der Waals surface area contributed by atoms with Gasteiger partial charge in [0.2, 0.25) is 0 Å². The average molecular weight is 421 g/mol. The molecule has 0 aliphatic carbocycles. The van der Waals surface area contributed by atoms with E-state index >= 15 is 0 Å². The minimum atomic E-state index is -3.72. The van der Waals surface area contributed by atoms with Gasteiger partial charge >= 0.3 is 0 Å². The predicted molar refractivity (Wildman–Crippen MR) is 85.6 cm³/mol. The Balaban J connectivity index is 2.43. The minimum Gasteiger partial charge on any atom is -0.495 e. The van der Waals surface area contributed by atoms with Gasteiger partial charge in [-0.3, -0.25) is 4.72 Å². The maximum absolute atomic E-state index is 12.4. The van der Waals surface area contributed by atoms with Gasteiger partial charge in [0.05, 0.1) is 7.11 Å². The fourth-order valence-electron chi connectivity index (χ4n) is 1.62. The van der Waals surface area contributed by atoms with Gasteiger partial charge in [-0.1, -0.05) is 37.9 Å². The van der Waals surface area contributed by atoms with Gasteiger partial charge in [-0.25, -0.2) is 8.42 Å². The fourth-order valence-corrected chi connectivity index (χ4v) is 3.78. The molecule has 0 heterocycles. The number of benzene rings is 2. The highest BCUT2D eigenvalue weighted by Crippen LogP contribution is 2.29. The molecule has 0 aromatic heterocycles. The van der Waals surface area contributed by atoms with Crippen molar-refractivity contribution < 1.29 is 13.2 Å². The van der Waals surface area contributed by atoms with Crippen molar-refractivity contribution in [3.8, 4) is 5.75 Å². The zero-order valence-electron chi connectivity index (χ0n) is 10.4. The summed E-state index contributed by atoms with van der Waals surface area (Å²) in [6, 6.07) is 11.7. The van der Waals surface area contributed by atoms with Crippen LogP contribution in [0.1, 0.15) is 0 Å². The van der Waals surface area contributed by atoms with Crippen LogP contribution in [0.25, 0.3) is 0 Å². The molecule has 0 radical (unpaired) electrons. The van der Waals surface area contributed by atoms with E-state index in [1.807, 2.05) is 6.07 Å². The van der Waals surface area contributed by atoms with E-state index in [0.29, 0.717) is 10.2 Å². The van der Waals surface area contributed by atoms with Crippen molar-refractivity contribution in [3.05, 3.63) is 51.4 Å². The summed E-state index contributed by atoms with van der Waals surface area (Å²) in [4.78, 5) is 0.0781. The van der Waals surface area contributed by atoms with Gasteiger partial charge in [-0.15, -0.1) is 0 Å². The second-order valence-corrected chi connectivity index (χ2v) is 7.39. The molecule has 0 amide bonds. The molecule has 0 atom stereocenters. The fraction of sp³-hybridized carbons (Fsp3) is 0.0769. The Hall–Kier alpha value is -1.05. The Labute approximate surface area is 134 Å². The van der Waals surface area contributed by atoms with Gasteiger partial charge in [-0.2, -0.15) is 0 Å². The van der Waals surface area contributed by atoms with Crippen LogP contribution >= 0.6 is 31.9 Å². The van der Waals surface area contributed by atoms with Crippen molar-refractivity contribution >= 4 is 47.6 Å². The quantitative estimate of drug-likeness (QED) is 0.812. The first-order valence-corrected chi connectivity index (χ1v) is 8.61. The maximum atomic E-state index is 12.4. The van der Waals surface area contributed by atoms with Crippen LogP contribution in [0.5, 0.6) is 5.75 Å². The monoisotopic (exact) mass is 419 g/mol. The highest BCUT2D eigenvalue weighted by Gasteiger charge is 2.20. The number of sulfonamides is 1. The number of methoxy groups -OCH3 is 1. The summed E-state index contributed by atoms with van der Waals surface area (Å²) in [5, 5.41) is 0. The van der Waals surface area contributed by atoms with E-state index in [1.54, 1.807) is 30.3 Å². The second kappa shape index (κ2) is 6.15. The van der Waals surface area contributed by atoms with Gasteiger partial charge in [0.15, 0.2) is 0 Å². The Morgan fingerprint density at radius 2 is 1.75 bits per heavy atom. The lowest BCUT2D eigenvalue weighted by Gasteiger charge is -2.12. The van der Waals surface area contributed by atoms with Gasteiger partial charge in [0.25, 0.3) is 10.0 Å². The molecule has 0 saturated heterocycles. The molecule has 2 aromatic carbocycles. The van der Waals surface area contributed by atoms with Crippen LogP contribution in [0.4, 0.5) is 5.69 Å². The van der Waals surface area contributed by atoms with E-state index in [-0.39, 0.29) is 10.6 Å². The molecule has 2 aromatic rings. The molecule has 0 fully saturated rings. The largest absolute Gasteiger partial charge is 0.495 e. The Morgan fingerprint density at radius 1 is 1.05 bits per heavy atom. The Bertz CT molecular complexity index is 732. The van der Waals surface area contributed by atoms with Crippen molar-refractivity contribution in [2.24, 2.45) is 0 Å². The molecule has 20 heavy (non-hydrogen) atoms. The summed E-state index contributed by atoms with van der Waals surface area (Å²) in [6.45, 7) is 0. The number of ether oxygens (including phenoxy) is 1. The van der Waals surface area contributed by atoms with Crippen molar-refractivity contribution in [1.29, 1.82) is 0 Å². The lowest BCUT2D eigenvalue weighted by molar-refractivity contribution is 0.403. The summed E-state index contributed by atoms with van der Waals surface area (Å²) in [6.07, 6.45) is 0. The third-order valence-corrected chi connectivity index (χ3v) is 4.88. The second-order valence-electron chi connectivity index (χ2n) is 3.91. The number of halogens is 2. The summed E-state index contributed by atoms with van der Waals surface area (Å²) in [5.74, 6) is 0.288. The number of rotatable bonds is 4. The van der Waals surface area contributed by atoms with Crippen LogP contribution in [0.15, 0.2) is 56.3 Å². The van der Waals surface area contributed by atoms with Crippen LogP contribution in [0, 0.1) is 0 Å². The average Bonchev–Trinajstić information content (AvgIpc) is 2.38. The molecule has 106 valence electrons. The van der Waals surface area contributed by atoms with Crippen molar-refractivity contribution in [2.45, 2.75) is 4.90 Å². The van der Waals surface area contributed by atoms with Crippen molar-refractivity contribution in [3.63, 3.8) is 0 Å². The predicted octanol–water partition coefficient (Wildman–Crippen LogP) is 4.02. The van der Waals surface area contributed by atoms with E-state index in [2.05, 4.69) is 36.6 Å². The first-order valence-electron chi connectivity index (χ1n) is 5.54. The van der Waals surface area contributed by atoms with Crippen molar-refractivity contribution in [1.82, 2.24) is 0 Å². The van der Waals surface area contributed by atoms with Crippen LogP contribution < -0.4 is 9.46 Å². The molecule has 0 aliphatic heterocycles.